The van der Waals surface area contributed by atoms with Gasteiger partial charge in [0.05, 0.1) is 5.92 Å². The van der Waals surface area contributed by atoms with Gasteiger partial charge in [-0.3, -0.25) is 9.59 Å². The van der Waals surface area contributed by atoms with E-state index >= 15 is 0 Å². The average molecular weight is 397 g/mol. The van der Waals surface area contributed by atoms with Crippen LogP contribution < -0.4 is 0 Å². The zero-order valence-electron chi connectivity index (χ0n) is 12.6. The number of carbonyl (C=O) groups is 2. The summed E-state index contributed by atoms with van der Waals surface area (Å²) in [7, 11) is 0. The quantitative estimate of drug-likeness (QED) is 0.763. The number of hydrogen-bond donors (Lipinski definition) is 1. The van der Waals surface area contributed by atoms with Gasteiger partial charge in [0, 0.05) is 22.9 Å². The summed E-state index contributed by atoms with van der Waals surface area (Å²) in [5.41, 5.74) is 0.450. The number of aliphatic carboxylic acids is 1. The van der Waals surface area contributed by atoms with E-state index in [1.807, 2.05) is 6.07 Å². The maximum Gasteiger partial charge on any atom is 0.307 e. The van der Waals surface area contributed by atoms with Crippen LogP contribution in [0.25, 0.3) is 0 Å². The van der Waals surface area contributed by atoms with Gasteiger partial charge in [-0.1, -0.05) is 46.3 Å². The molecule has 0 saturated heterocycles. The smallest absolute Gasteiger partial charge is 0.307 e. The van der Waals surface area contributed by atoms with Crippen molar-refractivity contribution in [3.63, 3.8) is 0 Å². The Morgan fingerprint density at radius 3 is 2.21 bits per heavy atom. The third-order valence-electron chi connectivity index (χ3n) is 3.63. The molecule has 6 heteroatoms. The number of carbonyl (C=O) groups excluding carboxylic acids is 1. The second-order valence-electron chi connectivity index (χ2n) is 5.49. The number of Topliss-reactive ketones (excluding diaryl/α,β-unsaturated/α-hetero) is 1. The van der Waals surface area contributed by atoms with Crippen molar-refractivity contribution in [2.24, 2.45) is 5.92 Å². The summed E-state index contributed by atoms with van der Waals surface area (Å²) in [6.45, 7) is 0. The summed E-state index contributed by atoms with van der Waals surface area (Å²) in [5, 5.41) is 9.29. The zero-order valence-corrected chi connectivity index (χ0v) is 14.2. The van der Waals surface area contributed by atoms with E-state index in [0.717, 1.165) is 17.7 Å². The molecule has 1 N–H and O–H groups in total. The summed E-state index contributed by atoms with van der Waals surface area (Å²) < 4.78 is 27.8. The topological polar surface area (TPSA) is 54.4 Å². The molecule has 0 saturated carbocycles. The predicted molar refractivity (Wildman–Crippen MR) is 88.7 cm³/mol. The number of halogens is 3. The van der Waals surface area contributed by atoms with Crippen molar-refractivity contribution in [2.45, 2.75) is 19.3 Å². The van der Waals surface area contributed by atoms with Crippen LogP contribution in [0, 0.1) is 17.6 Å². The summed E-state index contributed by atoms with van der Waals surface area (Å²) >= 11 is 2.97. The van der Waals surface area contributed by atoms with E-state index in [4.69, 9.17) is 0 Å². The molecule has 0 aliphatic rings. The highest BCUT2D eigenvalue weighted by atomic mass is 79.9. The first-order chi connectivity index (χ1) is 11.4. The van der Waals surface area contributed by atoms with Gasteiger partial charge in [0.25, 0.3) is 0 Å². The molecule has 0 aliphatic heterocycles. The largest absolute Gasteiger partial charge is 0.481 e. The van der Waals surface area contributed by atoms with Gasteiger partial charge in [-0.2, -0.15) is 0 Å². The van der Waals surface area contributed by atoms with E-state index in [-0.39, 0.29) is 22.9 Å². The second-order valence-corrected chi connectivity index (χ2v) is 6.41. The number of hydrogen-bond acceptors (Lipinski definition) is 2. The van der Waals surface area contributed by atoms with Gasteiger partial charge < -0.3 is 5.11 Å². The third kappa shape index (κ3) is 4.96. The molecule has 2 aromatic rings. The lowest BCUT2D eigenvalue weighted by Gasteiger charge is -2.12. The zero-order chi connectivity index (χ0) is 17.7. The maximum absolute atomic E-state index is 13.8. The lowest BCUT2D eigenvalue weighted by atomic mass is 9.92. The molecule has 0 fully saturated rings. The molecule has 2 aromatic carbocycles. The van der Waals surface area contributed by atoms with Crippen LogP contribution in [0.1, 0.15) is 17.5 Å². The van der Waals surface area contributed by atoms with Crippen molar-refractivity contribution in [1.29, 1.82) is 0 Å². The van der Waals surface area contributed by atoms with Crippen LogP contribution in [-0.4, -0.2) is 16.9 Å². The Morgan fingerprint density at radius 1 is 1.08 bits per heavy atom. The van der Waals surface area contributed by atoms with Gasteiger partial charge in [0.15, 0.2) is 0 Å². The summed E-state index contributed by atoms with van der Waals surface area (Å²) in [6, 6.07) is 11.1. The fourth-order valence-electron chi connectivity index (χ4n) is 2.43. The number of benzene rings is 2. The standard InChI is InChI=1S/C18H15BrF2O3/c19-13-8-16(20)15(17(21)9-13)10-14(22)7-12(18(23)24)6-11-4-2-1-3-5-11/h1-5,8-9,12H,6-7,10H2,(H,23,24)/t12-/m1/s1. The van der Waals surface area contributed by atoms with Crippen LogP contribution in [0.3, 0.4) is 0 Å². The Morgan fingerprint density at radius 2 is 1.67 bits per heavy atom. The molecule has 2 rings (SSSR count). The van der Waals surface area contributed by atoms with Crippen LogP contribution in [0.4, 0.5) is 8.78 Å². The van der Waals surface area contributed by atoms with Gasteiger partial charge in [-0.05, 0) is 24.1 Å². The normalized spacial score (nSPS) is 12.0. The summed E-state index contributed by atoms with van der Waals surface area (Å²) in [4.78, 5) is 23.5. The predicted octanol–water partition coefficient (Wildman–Crippen LogP) is 4.17. The molecule has 0 amide bonds. The molecule has 0 unspecified atom stereocenters. The lowest BCUT2D eigenvalue weighted by molar-refractivity contribution is -0.143. The van der Waals surface area contributed by atoms with Crippen LogP contribution >= 0.6 is 15.9 Å². The summed E-state index contributed by atoms with van der Waals surface area (Å²) in [5.74, 6) is -4.21. The highest BCUT2D eigenvalue weighted by Crippen LogP contribution is 2.21. The van der Waals surface area contributed by atoms with Crippen molar-refractivity contribution in [2.75, 3.05) is 0 Å². The van der Waals surface area contributed by atoms with Gasteiger partial charge in [-0.15, -0.1) is 0 Å². The van der Waals surface area contributed by atoms with E-state index in [0.29, 0.717) is 0 Å². The number of carboxylic acids is 1. The van der Waals surface area contributed by atoms with Gasteiger partial charge in [-0.25, -0.2) is 8.78 Å². The molecule has 24 heavy (non-hydrogen) atoms. The Labute approximate surface area is 146 Å². The number of ketones is 1. The van der Waals surface area contributed by atoms with E-state index in [2.05, 4.69) is 15.9 Å². The number of carboxylic acid groups (broad SMARTS) is 1. The molecule has 126 valence electrons. The Balaban J connectivity index is 2.07. The minimum absolute atomic E-state index is 0.188. The van der Waals surface area contributed by atoms with E-state index in [1.165, 1.54) is 0 Å². The SMILES string of the molecule is O=C(Cc1c(F)cc(Br)cc1F)C[C@@H](Cc1ccccc1)C(=O)O. The Hall–Kier alpha value is -2.08. The van der Waals surface area contributed by atoms with Gasteiger partial charge in [0.1, 0.15) is 17.4 Å². The van der Waals surface area contributed by atoms with E-state index < -0.39 is 35.7 Å². The molecule has 0 aliphatic carbocycles. The molecular formula is C18H15BrF2O3. The van der Waals surface area contributed by atoms with Crippen LogP contribution in [-0.2, 0) is 22.4 Å². The van der Waals surface area contributed by atoms with E-state index in [9.17, 15) is 23.5 Å². The number of rotatable bonds is 7. The minimum Gasteiger partial charge on any atom is -0.481 e. The first-order valence-corrected chi connectivity index (χ1v) is 8.08. The molecule has 0 spiro atoms. The average Bonchev–Trinajstić information content (AvgIpc) is 2.51. The highest BCUT2D eigenvalue weighted by Gasteiger charge is 2.23. The van der Waals surface area contributed by atoms with Crippen molar-refractivity contribution in [3.05, 3.63) is 69.7 Å². The van der Waals surface area contributed by atoms with Crippen LogP contribution in [0.15, 0.2) is 46.9 Å². The monoisotopic (exact) mass is 396 g/mol. The summed E-state index contributed by atoms with van der Waals surface area (Å²) in [6.07, 6.45) is -0.560. The van der Waals surface area contributed by atoms with Crippen molar-refractivity contribution >= 4 is 27.7 Å². The first-order valence-electron chi connectivity index (χ1n) is 7.28. The first kappa shape index (κ1) is 18.3. The van der Waals surface area contributed by atoms with Crippen LogP contribution in [0.5, 0.6) is 0 Å². The molecular weight excluding hydrogens is 382 g/mol. The molecule has 0 radical (unpaired) electrons. The Bertz CT molecular complexity index is 724. The van der Waals surface area contributed by atoms with Crippen molar-refractivity contribution < 1.29 is 23.5 Å². The maximum atomic E-state index is 13.8. The lowest BCUT2D eigenvalue weighted by Crippen LogP contribution is -2.21. The third-order valence-corrected chi connectivity index (χ3v) is 4.09. The highest BCUT2D eigenvalue weighted by molar-refractivity contribution is 9.10. The molecule has 3 nitrogen and oxygen atoms in total. The van der Waals surface area contributed by atoms with Gasteiger partial charge in [0.2, 0.25) is 0 Å². The van der Waals surface area contributed by atoms with Gasteiger partial charge >= 0.3 is 5.97 Å². The Kier molecular flexibility index (Phi) is 6.20. The molecule has 0 bridgehead atoms. The van der Waals surface area contributed by atoms with Crippen molar-refractivity contribution in [3.8, 4) is 0 Å². The second kappa shape index (κ2) is 8.15. The van der Waals surface area contributed by atoms with E-state index in [1.54, 1.807) is 24.3 Å². The fourth-order valence-corrected chi connectivity index (χ4v) is 2.83. The van der Waals surface area contributed by atoms with Crippen molar-refractivity contribution in [1.82, 2.24) is 0 Å². The molecule has 0 heterocycles. The fraction of sp³-hybridized carbons (Fsp3) is 0.222. The minimum atomic E-state index is -1.11. The molecule has 0 aromatic heterocycles. The molecule has 1 atom stereocenters. The van der Waals surface area contributed by atoms with Crippen LogP contribution in [0.2, 0.25) is 0 Å².